The lowest BCUT2D eigenvalue weighted by molar-refractivity contribution is 0.0696. The molecule has 1 atom stereocenters. The summed E-state index contributed by atoms with van der Waals surface area (Å²) in [4.78, 5) is 31.0. The van der Waals surface area contributed by atoms with Crippen molar-refractivity contribution in [3.63, 3.8) is 0 Å². The van der Waals surface area contributed by atoms with Crippen LogP contribution >= 0.6 is 34.5 Å². The van der Waals surface area contributed by atoms with Gasteiger partial charge in [0.25, 0.3) is 5.91 Å². The number of thiophene rings is 1. The molecule has 7 nitrogen and oxygen atoms in total. The number of carbonyl (C=O) groups is 2. The molecular weight excluding hydrogens is 631 g/mol. The van der Waals surface area contributed by atoms with Crippen LogP contribution in [0.2, 0.25) is 10.0 Å². The number of hydrogen-bond acceptors (Lipinski definition) is 6. The Balaban J connectivity index is 1.43. The van der Waals surface area contributed by atoms with E-state index in [-0.39, 0.29) is 23.5 Å². The maximum Gasteiger partial charge on any atom is 0.335 e. The summed E-state index contributed by atoms with van der Waals surface area (Å²) in [5, 5.41) is 13.8. The predicted octanol–water partition coefficient (Wildman–Crippen LogP) is 9.49. The Bertz CT molecular complexity index is 1760. The van der Waals surface area contributed by atoms with Crippen molar-refractivity contribution in [2.45, 2.75) is 46.6 Å². The molecule has 1 aromatic heterocycles. The minimum atomic E-state index is -1.01. The second-order valence-corrected chi connectivity index (χ2v) is 14.0. The molecule has 1 heterocycles. The van der Waals surface area contributed by atoms with Crippen LogP contribution in [0.3, 0.4) is 0 Å². The van der Waals surface area contributed by atoms with Crippen LogP contribution in [0.15, 0.2) is 65.7 Å². The van der Waals surface area contributed by atoms with Crippen LogP contribution in [0.4, 0.5) is 10.7 Å². The number of carboxylic acid groups (broad SMARTS) is 1. The lowest BCUT2D eigenvalue weighted by atomic mass is 9.72. The highest BCUT2D eigenvalue weighted by Gasteiger charge is 2.33. The van der Waals surface area contributed by atoms with Gasteiger partial charge < -0.3 is 19.9 Å². The summed E-state index contributed by atoms with van der Waals surface area (Å²) in [5.41, 5.74) is 3.99. The van der Waals surface area contributed by atoms with Gasteiger partial charge in [-0.25, -0.2) is 9.79 Å². The molecule has 0 bridgehead atoms. The highest BCUT2D eigenvalue weighted by Crippen LogP contribution is 2.45. The van der Waals surface area contributed by atoms with Gasteiger partial charge in [0, 0.05) is 21.8 Å². The van der Waals surface area contributed by atoms with E-state index in [4.69, 9.17) is 37.7 Å². The summed E-state index contributed by atoms with van der Waals surface area (Å²) >= 11 is 14.2. The highest BCUT2D eigenvalue weighted by molar-refractivity contribution is 7.16. The minimum absolute atomic E-state index is 0.104. The standard InChI is InChI=1S/C35H34Cl2N2O5S/c1-35(2,3)23-8-13-26-29(17-23)45-33(30(26)32(40)39-25-11-9-24(36)10-12-25)38-18-21-15-27(37)31(28(16-21)43-4)44-19-20-6-5-7-22(14-20)34(41)42/h5-7,9-12,14-16,18,23H,8,13,17,19H2,1-4H3,(H,39,40)(H,41,42)/t23-/m1/s1. The van der Waals surface area contributed by atoms with Crippen molar-refractivity contribution >= 4 is 63.3 Å². The first kappa shape index (κ1) is 32.5. The average Bonchev–Trinajstić information content (AvgIpc) is 3.38. The third-order valence-corrected chi connectivity index (χ3v) is 9.64. The average molecular weight is 666 g/mol. The van der Waals surface area contributed by atoms with E-state index < -0.39 is 5.97 Å². The molecule has 4 aromatic rings. The lowest BCUT2D eigenvalue weighted by Gasteiger charge is -2.33. The first-order valence-corrected chi connectivity index (χ1v) is 16.1. The third kappa shape index (κ3) is 7.69. The second kappa shape index (κ2) is 13.6. The molecule has 0 fully saturated rings. The summed E-state index contributed by atoms with van der Waals surface area (Å²) < 4.78 is 11.5. The zero-order valence-electron chi connectivity index (χ0n) is 25.4. The molecule has 1 amide bonds. The first-order valence-electron chi connectivity index (χ1n) is 14.5. The number of rotatable bonds is 9. The summed E-state index contributed by atoms with van der Waals surface area (Å²) in [6, 6.07) is 17.0. The Hall–Kier alpha value is -3.85. The van der Waals surface area contributed by atoms with Crippen molar-refractivity contribution in [2.24, 2.45) is 16.3 Å². The molecule has 0 radical (unpaired) electrons. The number of hydrogen-bond donors (Lipinski definition) is 2. The molecule has 1 aliphatic carbocycles. The highest BCUT2D eigenvalue weighted by atomic mass is 35.5. The molecule has 45 heavy (non-hydrogen) atoms. The quantitative estimate of drug-likeness (QED) is 0.174. The van der Waals surface area contributed by atoms with E-state index in [1.807, 2.05) is 0 Å². The van der Waals surface area contributed by atoms with Crippen molar-refractivity contribution < 1.29 is 24.2 Å². The van der Waals surface area contributed by atoms with E-state index in [0.29, 0.717) is 54.8 Å². The molecule has 10 heteroatoms. The Labute approximate surface area is 276 Å². The van der Waals surface area contributed by atoms with Gasteiger partial charge in [0.2, 0.25) is 0 Å². The van der Waals surface area contributed by atoms with Gasteiger partial charge in [0.1, 0.15) is 11.6 Å². The summed E-state index contributed by atoms with van der Waals surface area (Å²) in [6.07, 6.45) is 4.40. The van der Waals surface area contributed by atoms with Gasteiger partial charge >= 0.3 is 5.97 Å². The number of nitrogens with one attached hydrogen (secondary N) is 1. The Morgan fingerprint density at radius 3 is 2.56 bits per heavy atom. The van der Waals surface area contributed by atoms with Crippen molar-refractivity contribution in [2.75, 3.05) is 12.4 Å². The number of anilines is 1. The number of amides is 1. The first-order chi connectivity index (χ1) is 21.4. The molecule has 0 aliphatic heterocycles. The van der Waals surface area contributed by atoms with E-state index >= 15 is 0 Å². The van der Waals surface area contributed by atoms with Crippen LogP contribution in [-0.4, -0.2) is 30.3 Å². The number of ether oxygens (including phenoxy) is 2. The second-order valence-electron chi connectivity index (χ2n) is 12.0. The van der Waals surface area contributed by atoms with Crippen LogP contribution in [0.25, 0.3) is 0 Å². The number of fused-ring (bicyclic) bond motifs is 1. The van der Waals surface area contributed by atoms with Crippen LogP contribution in [-0.2, 0) is 19.4 Å². The zero-order valence-corrected chi connectivity index (χ0v) is 27.8. The Morgan fingerprint density at radius 2 is 1.87 bits per heavy atom. The minimum Gasteiger partial charge on any atom is -0.493 e. The van der Waals surface area contributed by atoms with Gasteiger partial charge in [-0.1, -0.05) is 56.1 Å². The summed E-state index contributed by atoms with van der Waals surface area (Å²) in [7, 11) is 1.52. The number of halogens is 2. The van der Waals surface area contributed by atoms with Gasteiger partial charge in [-0.2, -0.15) is 0 Å². The lowest BCUT2D eigenvalue weighted by Crippen LogP contribution is -2.27. The van der Waals surface area contributed by atoms with Crippen molar-refractivity contribution in [1.82, 2.24) is 0 Å². The molecular formula is C35H34Cl2N2O5S. The van der Waals surface area contributed by atoms with Crippen molar-refractivity contribution in [3.8, 4) is 11.5 Å². The fraction of sp³-hybridized carbons (Fsp3) is 0.286. The molecule has 0 spiro atoms. The fourth-order valence-electron chi connectivity index (χ4n) is 5.40. The Kier molecular flexibility index (Phi) is 9.87. The van der Waals surface area contributed by atoms with E-state index in [0.717, 1.165) is 24.8 Å². The number of methoxy groups -OCH3 is 1. The van der Waals surface area contributed by atoms with Crippen molar-refractivity contribution in [3.05, 3.63) is 103 Å². The van der Waals surface area contributed by atoms with Crippen LogP contribution in [0, 0.1) is 11.3 Å². The molecule has 0 unspecified atom stereocenters. The number of aliphatic imine (C=N–C) groups is 1. The molecule has 3 aromatic carbocycles. The normalized spacial score (nSPS) is 14.7. The van der Waals surface area contributed by atoms with Gasteiger partial charge in [0.15, 0.2) is 11.5 Å². The fourth-order valence-corrected chi connectivity index (χ4v) is 7.07. The van der Waals surface area contributed by atoms with Gasteiger partial charge in [-0.15, -0.1) is 11.3 Å². The number of carbonyl (C=O) groups excluding carboxylic acids is 1. The summed E-state index contributed by atoms with van der Waals surface area (Å²) in [5.74, 6) is 0.0251. The van der Waals surface area contributed by atoms with Crippen LogP contribution in [0.5, 0.6) is 11.5 Å². The zero-order chi connectivity index (χ0) is 32.3. The SMILES string of the molecule is COc1cc(C=Nc2sc3c(c2C(=O)Nc2ccc(Cl)cc2)CC[C@@H](C(C)(C)C)C3)cc(Cl)c1OCc1cccc(C(=O)O)c1. The molecule has 5 rings (SSSR count). The predicted molar refractivity (Wildman–Crippen MR) is 182 cm³/mol. The van der Waals surface area contributed by atoms with E-state index in [1.165, 1.54) is 18.1 Å². The van der Waals surface area contributed by atoms with Gasteiger partial charge in [-0.3, -0.25) is 4.79 Å². The summed E-state index contributed by atoms with van der Waals surface area (Å²) in [6.45, 7) is 6.90. The number of benzene rings is 3. The molecule has 2 N–H and O–H groups in total. The maximum atomic E-state index is 13.7. The molecule has 234 valence electrons. The molecule has 0 saturated carbocycles. The van der Waals surface area contributed by atoms with E-state index in [1.54, 1.807) is 72.1 Å². The maximum absolute atomic E-state index is 13.7. The Morgan fingerprint density at radius 1 is 1.11 bits per heavy atom. The topological polar surface area (TPSA) is 97.2 Å². The van der Waals surface area contributed by atoms with Crippen molar-refractivity contribution in [1.29, 1.82) is 0 Å². The molecule has 1 aliphatic rings. The molecule has 0 saturated heterocycles. The number of nitrogens with zero attached hydrogens (tertiary/aromatic N) is 1. The number of carboxylic acids is 1. The smallest absolute Gasteiger partial charge is 0.335 e. The largest absolute Gasteiger partial charge is 0.493 e. The van der Waals surface area contributed by atoms with E-state index in [2.05, 4.69) is 26.1 Å². The number of aromatic carboxylic acids is 1. The van der Waals surface area contributed by atoms with Crippen LogP contribution < -0.4 is 14.8 Å². The van der Waals surface area contributed by atoms with Gasteiger partial charge in [0.05, 0.1) is 23.3 Å². The van der Waals surface area contributed by atoms with Crippen LogP contribution in [0.1, 0.15) is 69.5 Å². The van der Waals surface area contributed by atoms with E-state index in [9.17, 15) is 14.7 Å². The van der Waals surface area contributed by atoms with Gasteiger partial charge in [-0.05, 0) is 95.8 Å². The monoisotopic (exact) mass is 664 g/mol. The third-order valence-electron chi connectivity index (χ3n) is 7.94.